The van der Waals surface area contributed by atoms with Crippen molar-refractivity contribution < 1.29 is 13.9 Å². The molecule has 0 N–H and O–H groups in total. The van der Waals surface area contributed by atoms with E-state index in [4.69, 9.17) is 9.15 Å². The van der Waals surface area contributed by atoms with Gasteiger partial charge in [0.25, 0.3) is 0 Å². The first-order valence-corrected chi connectivity index (χ1v) is 7.50. The molecule has 3 aromatic rings. The smallest absolute Gasteiger partial charge is 0.141 e. The molecule has 0 saturated heterocycles. The highest BCUT2D eigenvalue weighted by atomic mass is 16.5. The first-order valence-electron chi connectivity index (χ1n) is 7.50. The van der Waals surface area contributed by atoms with Gasteiger partial charge in [0.05, 0.1) is 5.56 Å². The Bertz CT molecular complexity index is 827. The molecule has 1 aliphatic rings. The summed E-state index contributed by atoms with van der Waals surface area (Å²) in [6.07, 6.45) is 0.765. The van der Waals surface area contributed by atoms with Crippen LogP contribution in [0, 0.1) is 0 Å². The fourth-order valence-corrected chi connectivity index (χ4v) is 3.02. The van der Waals surface area contributed by atoms with E-state index in [-0.39, 0.29) is 11.9 Å². The lowest BCUT2D eigenvalue weighted by Gasteiger charge is -2.15. The lowest BCUT2D eigenvalue weighted by atomic mass is 10.0. The van der Waals surface area contributed by atoms with E-state index in [9.17, 15) is 4.79 Å². The fraction of sp³-hybridized carbons (Fsp3) is 0.211. The maximum atomic E-state index is 11.9. The van der Waals surface area contributed by atoms with Crippen LogP contribution in [-0.4, -0.2) is 11.9 Å². The number of hydrogen-bond acceptors (Lipinski definition) is 3. The van der Waals surface area contributed by atoms with Crippen molar-refractivity contribution in [3.63, 3.8) is 0 Å². The molecule has 3 nitrogen and oxygen atoms in total. The summed E-state index contributed by atoms with van der Waals surface area (Å²) in [6, 6.07) is 15.8. The Hall–Kier alpha value is -2.55. The number of ketones is 1. The minimum atomic E-state index is -0.112. The number of fused-ring (bicyclic) bond motifs is 2. The zero-order valence-electron chi connectivity index (χ0n) is 12.3. The Balaban J connectivity index is 1.89. The Morgan fingerprint density at radius 2 is 1.95 bits per heavy atom. The van der Waals surface area contributed by atoms with Gasteiger partial charge >= 0.3 is 0 Å². The number of carbonyl (C=O) groups is 1. The molecule has 22 heavy (non-hydrogen) atoms. The average Bonchev–Trinajstić information content (AvgIpc) is 2.85. The third-order valence-electron chi connectivity index (χ3n) is 4.01. The molecular weight excluding hydrogens is 276 g/mol. The second-order valence-corrected chi connectivity index (χ2v) is 5.79. The van der Waals surface area contributed by atoms with Crippen LogP contribution < -0.4 is 4.74 Å². The predicted octanol–water partition coefficient (Wildman–Crippen LogP) is 4.38. The van der Waals surface area contributed by atoms with Gasteiger partial charge in [-0.15, -0.1) is 0 Å². The van der Waals surface area contributed by atoms with Crippen LogP contribution in [-0.2, 0) is 11.2 Å². The van der Waals surface area contributed by atoms with Crippen molar-refractivity contribution in [1.29, 1.82) is 0 Å². The highest BCUT2D eigenvalue weighted by molar-refractivity contribution is 5.87. The van der Waals surface area contributed by atoms with Gasteiger partial charge in [-0.2, -0.15) is 0 Å². The molecule has 1 aromatic heterocycles. The SMILES string of the molecule is C[C@@H]1CC(=O)Cc2cccc(-c3cc4ccccc4o3)c2O1. The molecule has 0 bridgehead atoms. The Labute approximate surface area is 128 Å². The second-order valence-electron chi connectivity index (χ2n) is 5.79. The van der Waals surface area contributed by atoms with Crippen molar-refractivity contribution in [2.75, 3.05) is 0 Å². The van der Waals surface area contributed by atoms with E-state index in [1.165, 1.54) is 0 Å². The van der Waals surface area contributed by atoms with Crippen LogP contribution in [0.3, 0.4) is 0 Å². The Morgan fingerprint density at radius 1 is 1.09 bits per heavy atom. The van der Waals surface area contributed by atoms with Crippen LogP contribution in [0.15, 0.2) is 52.9 Å². The highest BCUT2D eigenvalue weighted by Crippen LogP contribution is 2.38. The summed E-state index contributed by atoms with van der Waals surface area (Å²) in [5.41, 5.74) is 2.70. The molecule has 0 amide bonds. The molecule has 0 fully saturated rings. The molecule has 0 saturated carbocycles. The number of hydrogen-bond donors (Lipinski definition) is 0. The third-order valence-corrected chi connectivity index (χ3v) is 4.01. The minimum Gasteiger partial charge on any atom is -0.489 e. The van der Waals surface area contributed by atoms with Crippen LogP contribution in [0.2, 0.25) is 0 Å². The van der Waals surface area contributed by atoms with Gasteiger partial charge in [-0.25, -0.2) is 0 Å². The molecular formula is C19H16O3. The first-order chi connectivity index (χ1) is 10.7. The summed E-state index contributed by atoms with van der Waals surface area (Å²) in [5, 5.41) is 1.06. The molecule has 2 heterocycles. The quantitative estimate of drug-likeness (QED) is 0.668. The molecule has 4 rings (SSSR count). The van der Waals surface area contributed by atoms with Gasteiger partial charge in [0.15, 0.2) is 0 Å². The summed E-state index contributed by atoms with van der Waals surface area (Å²) in [6.45, 7) is 1.93. The van der Waals surface area contributed by atoms with Gasteiger partial charge in [-0.3, -0.25) is 4.79 Å². The Kier molecular flexibility index (Phi) is 3.00. The zero-order valence-corrected chi connectivity index (χ0v) is 12.3. The molecule has 0 spiro atoms. The lowest BCUT2D eigenvalue weighted by molar-refractivity contribution is -0.119. The monoisotopic (exact) mass is 292 g/mol. The van der Waals surface area contributed by atoms with Gasteiger partial charge in [-0.05, 0) is 25.1 Å². The number of benzene rings is 2. The van der Waals surface area contributed by atoms with Crippen molar-refractivity contribution >= 4 is 16.8 Å². The van der Waals surface area contributed by atoms with Crippen LogP contribution in [0.5, 0.6) is 5.75 Å². The van der Waals surface area contributed by atoms with Crippen LogP contribution in [0.25, 0.3) is 22.3 Å². The lowest BCUT2D eigenvalue weighted by Crippen LogP contribution is -2.14. The zero-order chi connectivity index (χ0) is 15.1. The van der Waals surface area contributed by atoms with E-state index in [1.807, 2.05) is 55.5 Å². The van der Waals surface area contributed by atoms with Gasteiger partial charge in [-0.1, -0.05) is 30.3 Å². The van der Waals surface area contributed by atoms with Crippen molar-refractivity contribution in [3.8, 4) is 17.1 Å². The number of para-hydroxylation sites is 2. The van der Waals surface area contributed by atoms with E-state index in [2.05, 4.69) is 0 Å². The fourth-order valence-electron chi connectivity index (χ4n) is 3.02. The normalized spacial score (nSPS) is 17.9. The van der Waals surface area contributed by atoms with Crippen LogP contribution in [0.1, 0.15) is 18.9 Å². The molecule has 2 aromatic carbocycles. The van der Waals surface area contributed by atoms with E-state index in [0.717, 1.165) is 33.6 Å². The minimum absolute atomic E-state index is 0.112. The second kappa shape index (κ2) is 5.02. The Morgan fingerprint density at radius 3 is 2.82 bits per heavy atom. The predicted molar refractivity (Wildman–Crippen MR) is 85.1 cm³/mol. The van der Waals surface area contributed by atoms with E-state index < -0.39 is 0 Å². The maximum Gasteiger partial charge on any atom is 0.141 e. The number of furan rings is 1. The van der Waals surface area contributed by atoms with Crippen molar-refractivity contribution in [2.45, 2.75) is 25.9 Å². The summed E-state index contributed by atoms with van der Waals surface area (Å²) >= 11 is 0. The summed E-state index contributed by atoms with van der Waals surface area (Å²) in [7, 11) is 0. The van der Waals surface area contributed by atoms with E-state index >= 15 is 0 Å². The first kappa shape index (κ1) is 13.1. The third kappa shape index (κ3) is 2.19. The van der Waals surface area contributed by atoms with Gasteiger partial charge in [0.1, 0.15) is 29.0 Å². The summed E-state index contributed by atoms with van der Waals surface area (Å²) < 4.78 is 12.0. The number of ether oxygens (including phenoxy) is 1. The van der Waals surface area contributed by atoms with Crippen molar-refractivity contribution in [2.24, 2.45) is 0 Å². The van der Waals surface area contributed by atoms with Gasteiger partial charge in [0.2, 0.25) is 0 Å². The van der Waals surface area contributed by atoms with Crippen molar-refractivity contribution in [1.82, 2.24) is 0 Å². The molecule has 1 atom stereocenters. The van der Waals surface area contributed by atoms with Crippen LogP contribution >= 0.6 is 0 Å². The van der Waals surface area contributed by atoms with E-state index in [0.29, 0.717) is 12.8 Å². The molecule has 0 radical (unpaired) electrons. The van der Waals surface area contributed by atoms with Crippen molar-refractivity contribution in [3.05, 3.63) is 54.1 Å². The maximum absolute atomic E-state index is 11.9. The molecule has 0 unspecified atom stereocenters. The summed E-state index contributed by atoms with van der Waals surface area (Å²) in [4.78, 5) is 11.9. The average molecular weight is 292 g/mol. The number of Topliss-reactive ketones (excluding diaryl/α,β-unsaturated/α-hetero) is 1. The molecule has 3 heteroatoms. The highest BCUT2D eigenvalue weighted by Gasteiger charge is 2.23. The topological polar surface area (TPSA) is 39.4 Å². The number of carbonyl (C=O) groups excluding carboxylic acids is 1. The standard InChI is InChI=1S/C19H16O3/c1-12-9-15(20)10-14-6-4-7-16(19(14)21-12)18-11-13-5-2-3-8-17(13)22-18/h2-8,11-12H,9-10H2,1H3/t12-/m1/s1. The van der Waals surface area contributed by atoms with Gasteiger partial charge < -0.3 is 9.15 Å². The van der Waals surface area contributed by atoms with E-state index in [1.54, 1.807) is 0 Å². The molecule has 110 valence electrons. The van der Waals surface area contributed by atoms with Gasteiger partial charge in [0, 0.05) is 23.8 Å². The molecule has 0 aliphatic carbocycles. The summed E-state index contributed by atoms with van der Waals surface area (Å²) in [5.74, 6) is 1.77. The largest absolute Gasteiger partial charge is 0.489 e. The van der Waals surface area contributed by atoms with Crippen LogP contribution in [0.4, 0.5) is 0 Å². The molecule has 1 aliphatic heterocycles. The number of rotatable bonds is 1.